The van der Waals surface area contributed by atoms with E-state index in [-0.39, 0.29) is 29.8 Å². The van der Waals surface area contributed by atoms with Crippen LogP contribution in [-0.2, 0) is 14.8 Å². The molecule has 1 aliphatic rings. The lowest BCUT2D eigenvalue weighted by Crippen LogP contribution is -2.41. The normalized spacial score (nSPS) is 15.7. The largest absolute Gasteiger partial charge is 0.497 e. The van der Waals surface area contributed by atoms with Crippen LogP contribution in [0.1, 0.15) is 12.8 Å². The van der Waals surface area contributed by atoms with E-state index in [0.29, 0.717) is 41.1 Å². The van der Waals surface area contributed by atoms with Gasteiger partial charge in [0.25, 0.3) is 0 Å². The Hall–Kier alpha value is -2.76. The minimum Gasteiger partial charge on any atom is -0.497 e. The molecule has 0 spiro atoms. The summed E-state index contributed by atoms with van der Waals surface area (Å²) >= 11 is 0.986. The first kappa shape index (κ1) is 21.5. The zero-order valence-corrected chi connectivity index (χ0v) is 18.7. The molecule has 11 heteroatoms. The summed E-state index contributed by atoms with van der Waals surface area (Å²) in [5, 5.41) is 2.88. The van der Waals surface area contributed by atoms with E-state index in [1.54, 1.807) is 43.5 Å². The highest BCUT2D eigenvalue weighted by molar-refractivity contribution is 7.89. The monoisotopic (exact) mass is 462 g/mol. The first-order valence-corrected chi connectivity index (χ1v) is 11.9. The van der Waals surface area contributed by atoms with Gasteiger partial charge in [0.15, 0.2) is 0 Å². The van der Waals surface area contributed by atoms with Crippen LogP contribution < -0.4 is 14.8 Å². The van der Waals surface area contributed by atoms with Crippen LogP contribution in [0, 0.1) is 5.92 Å². The van der Waals surface area contributed by atoms with E-state index in [2.05, 4.69) is 14.1 Å². The fourth-order valence-electron chi connectivity index (χ4n) is 3.62. The number of nitrogens with one attached hydrogen (secondary N) is 1. The second kappa shape index (κ2) is 8.77. The topological polar surface area (TPSA) is 111 Å². The molecule has 3 aromatic rings. The van der Waals surface area contributed by atoms with Crippen molar-refractivity contribution in [2.45, 2.75) is 17.7 Å². The fraction of sp³-hybridized carbons (Fsp3) is 0.350. The molecule has 0 saturated carbocycles. The van der Waals surface area contributed by atoms with Gasteiger partial charge in [-0.1, -0.05) is 6.07 Å². The standard InChI is InChI=1S/C20H22N4O5S2/c1-28-14-6-7-15(17(12-14)29-2)21-20(25)13-8-10-24(11-9-13)31(26,27)18-5-3-4-16-19(18)23-30-22-16/h3-7,12-13H,8-11H2,1-2H3,(H,21,25). The summed E-state index contributed by atoms with van der Waals surface area (Å²) in [6.07, 6.45) is 0.851. The second-order valence-electron chi connectivity index (χ2n) is 7.12. The maximum absolute atomic E-state index is 13.1. The fourth-order valence-corrected chi connectivity index (χ4v) is 5.85. The van der Waals surface area contributed by atoms with Crippen molar-refractivity contribution in [3.63, 3.8) is 0 Å². The molecule has 0 aliphatic carbocycles. The van der Waals surface area contributed by atoms with Crippen molar-refractivity contribution in [3.8, 4) is 11.5 Å². The Balaban J connectivity index is 1.44. The lowest BCUT2D eigenvalue weighted by molar-refractivity contribution is -0.120. The minimum absolute atomic E-state index is 0.157. The highest BCUT2D eigenvalue weighted by atomic mass is 32.2. The highest BCUT2D eigenvalue weighted by Gasteiger charge is 2.33. The minimum atomic E-state index is -3.71. The molecule has 1 aromatic heterocycles. The molecule has 1 fully saturated rings. The van der Waals surface area contributed by atoms with E-state index in [1.807, 2.05) is 0 Å². The summed E-state index contributed by atoms with van der Waals surface area (Å²) in [6, 6.07) is 10.1. The lowest BCUT2D eigenvalue weighted by Gasteiger charge is -2.30. The SMILES string of the molecule is COc1ccc(NC(=O)C2CCN(S(=O)(=O)c3cccc4nsnc34)CC2)c(OC)c1. The van der Waals surface area contributed by atoms with Gasteiger partial charge >= 0.3 is 0 Å². The number of nitrogens with zero attached hydrogens (tertiary/aromatic N) is 3. The number of aromatic nitrogens is 2. The predicted molar refractivity (Wildman–Crippen MR) is 117 cm³/mol. The smallest absolute Gasteiger partial charge is 0.245 e. The summed E-state index contributed by atoms with van der Waals surface area (Å²) in [7, 11) is -0.637. The Morgan fingerprint density at radius 1 is 1.13 bits per heavy atom. The van der Waals surface area contributed by atoms with Crippen LogP contribution in [0.3, 0.4) is 0 Å². The van der Waals surface area contributed by atoms with E-state index < -0.39 is 10.0 Å². The number of hydrogen-bond acceptors (Lipinski definition) is 8. The molecular formula is C20H22N4O5S2. The summed E-state index contributed by atoms with van der Waals surface area (Å²) in [5.74, 6) is 0.665. The zero-order valence-electron chi connectivity index (χ0n) is 17.1. The third kappa shape index (κ3) is 4.21. The van der Waals surface area contributed by atoms with E-state index in [9.17, 15) is 13.2 Å². The summed E-state index contributed by atoms with van der Waals surface area (Å²) < 4.78 is 46.5. The summed E-state index contributed by atoms with van der Waals surface area (Å²) in [4.78, 5) is 12.9. The number of carbonyl (C=O) groups excluding carboxylic acids is 1. The van der Waals surface area contributed by atoms with Crippen LogP contribution in [0.2, 0.25) is 0 Å². The van der Waals surface area contributed by atoms with Crippen molar-refractivity contribution >= 4 is 44.4 Å². The average Bonchev–Trinajstić information content (AvgIpc) is 3.28. The lowest BCUT2D eigenvalue weighted by atomic mass is 9.97. The van der Waals surface area contributed by atoms with Crippen molar-refractivity contribution in [3.05, 3.63) is 36.4 Å². The van der Waals surface area contributed by atoms with Crippen LogP contribution in [0.15, 0.2) is 41.3 Å². The second-order valence-corrected chi connectivity index (χ2v) is 9.56. The van der Waals surface area contributed by atoms with Gasteiger partial charge in [0.1, 0.15) is 27.4 Å². The van der Waals surface area contributed by atoms with Gasteiger partial charge in [0.05, 0.1) is 31.6 Å². The molecule has 0 radical (unpaired) electrons. The van der Waals surface area contributed by atoms with Crippen molar-refractivity contribution in [2.75, 3.05) is 32.6 Å². The van der Waals surface area contributed by atoms with E-state index >= 15 is 0 Å². The Bertz CT molecular complexity index is 1200. The molecule has 2 heterocycles. The number of ether oxygens (including phenoxy) is 2. The van der Waals surface area contributed by atoms with E-state index in [1.165, 1.54) is 11.4 Å². The van der Waals surface area contributed by atoms with Crippen LogP contribution in [-0.4, -0.2) is 54.7 Å². The molecular weight excluding hydrogens is 440 g/mol. The number of benzene rings is 2. The molecule has 1 N–H and O–H groups in total. The number of rotatable bonds is 6. The molecule has 1 saturated heterocycles. The molecule has 31 heavy (non-hydrogen) atoms. The predicted octanol–water partition coefficient (Wildman–Crippen LogP) is 2.75. The third-order valence-electron chi connectivity index (χ3n) is 5.36. The van der Waals surface area contributed by atoms with Gasteiger partial charge in [-0.05, 0) is 37.1 Å². The number of piperidine rings is 1. The van der Waals surface area contributed by atoms with Gasteiger partial charge in [-0.15, -0.1) is 0 Å². The maximum Gasteiger partial charge on any atom is 0.245 e. The van der Waals surface area contributed by atoms with Gasteiger partial charge in [0.2, 0.25) is 15.9 Å². The number of anilines is 1. The first-order valence-electron chi connectivity index (χ1n) is 9.68. The summed E-state index contributed by atoms with van der Waals surface area (Å²) in [5.41, 5.74) is 1.50. The van der Waals surface area contributed by atoms with Crippen LogP contribution in [0.4, 0.5) is 5.69 Å². The van der Waals surface area contributed by atoms with E-state index in [0.717, 1.165) is 11.7 Å². The van der Waals surface area contributed by atoms with Gasteiger partial charge in [-0.3, -0.25) is 4.79 Å². The van der Waals surface area contributed by atoms with Gasteiger partial charge in [0, 0.05) is 25.1 Å². The molecule has 164 valence electrons. The van der Waals surface area contributed by atoms with Gasteiger partial charge in [-0.25, -0.2) is 8.42 Å². The Morgan fingerprint density at radius 2 is 1.90 bits per heavy atom. The molecule has 0 unspecified atom stereocenters. The van der Waals surface area contributed by atoms with Crippen LogP contribution in [0.5, 0.6) is 11.5 Å². The molecule has 1 amide bonds. The van der Waals surface area contributed by atoms with Crippen molar-refractivity contribution in [2.24, 2.45) is 5.92 Å². The number of amides is 1. The Kier molecular flexibility index (Phi) is 6.08. The van der Waals surface area contributed by atoms with Crippen molar-refractivity contribution in [1.82, 2.24) is 13.1 Å². The van der Waals surface area contributed by atoms with Crippen LogP contribution >= 0.6 is 11.7 Å². The molecule has 0 bridgehead atoms. The molecule has 0 atom stereocenters. The average molecular weight is 463 g/mol. The van der Waals surface area contributed by atoms with Crippen molar-refractivity contribution in [1.29, 1.82) is 0 Å². The number of hydrogen-bond donors (Lipinski definition) is 1. The van der Waals surface area contributed by atoms with Crippen molar-refractivity contribution < 1.29 is 22.7 Å². The highest BCUT2D eigenvalue weighted by Crippen LogP contribution is 2.31. The number of carbonyl (C=O) groups is 1. The van der Waals surface area contributed by atoms with Gasteiger partial charge in [-0.2, -0.15) is 13.1 Å². The quantitative estimate of drug-likeness (QED) is 0.600. The number of fused-ring (bicyclic) bond motifs is 1. The van der Waals surface area contributed by atoms with E-state index in [4.69, 9.17) is 9.47 Å². The number of sulfonamides is 1. The molecule has 1 aliphatic heterocycles. The van der Waals surface area contributed by atoms with Crippen LogP contribution in [0.25, 0.3) is 11.0 Å². The molecule has 4 rings (SSSR count). The molecule has 2 aromatic carbocycles. The first-order chi connectivity index (χ1) is 14.9. The maximum atomic E-state index is 13.1. The summed E-state index contributed by atoms with van der Waals surface area (Å²) in [6.45, 7) is 0.516. The Labute approximate surface area is 184 Å². The molecule has 9 nitrogen and oxygen atoms in total. The zero-order chi connectivity index (χ0) is 22.0. The number of methoxy groups -OCH3 is 2. The Morgan fingerprint density at radius 3 is 2.61 bits per heavy atom. The third-order valence-corrected chi connectivity index (χ3v) is 7.83. The van der Waals surface area contributed by atoms with Gasteiger partial charge < -0.3 is 14.8 Å².